The number of nitrogens with zero attached hydrogens (tertiary/aromatic N) is 1. The van der Waals surface area contributed by atoms with Crippen molar-refractivity contribution in [3.05, 3.63) is 11.6 Å². The number of hydrogen-bond donors (Lipinski definition) is 0. The summed E-state index contributed by atoms with van der Waals surface area (Å²) >= 11 is 0. The van der Waals surface area contributed by atoms with Gasteiger partial charge >= 0.3 is 6.48 Å². The zero-order valence-corrected chi connectivity index (χ0v) is 7.96. The highest BCUT2D eigenvalue weighted by atomic mass is 16.9. The van der Waals surface area contributed by atoms with E-state index < -0.39 is 6.48 Å². The smallest absolute Gasteiger partial charge is 0.361 e. The van der Waals surface area contributed by atoms with Crippen LogP contribution in [0.1, 0.15) is 13.8 Å². The minimum Gasteiger partial charge on any atom is -0.431 e. The molecular weight excluding hydrogens is 158 g/mol. The quantitative estimate of drug-likeness (QED) is 0.639. The van der Waals surface area contributed by atoms with Crippen LogP contribution in [0.15, 0.2) is 11.6 Å². The second kappa shape index (κ2) is 3.67. The highest BCUT2D eigenvalue weighted by Crippen LogP contribution is 2.23. The molecule has 0 radical (unpaired) electrons. The normalized spacial score (nSPS) is 22.2. The molecule has 0 aromatic heterocycles. The zero-order valence-electron chi connectivity index (χ0n) is 7.96. The molecule has 0 aromatic rings. The van der Waals surface area contributed by atoms with E-state index in [1.54, 1.807) is 0 Å². The van der Waals surface area contributed by atoms with Crippen molar-refractivity contribution in [2.24, 2.45) is 0 Å². The average molecular weight is 173 g/mol. The van der Waals surface area contributed by atoms with E-state index in [2.05, 4.69) is 0 Å². The fourth-order valence-electron chi connectivity index (χ4n) is 1.02. The minimum absolute atomic E-state index is 0.563. The van der Waals surface area contributed by atoms with Crippen LogP contribution >= 0.6 is 0 Å². The molecule has 1 aliphatic rings. The molecular formula is C8H15NO3. The molecule has 0 saturated heterocycles. The predicted octanol–water partition coefficient (Wildman–Crippen LogP) is 1.10. The van der Waals surface area contributed by atoms with Gasteiger partial charge in [0.15, 0.2) is 5.76 Å². The average Bonchev–Trinajstić information content (AvgIpc) is 2.32. The highest BCUT2D eigenvalue weighted by molar-refractivity contribution is 4.99. The molecule has 1 rings (SSSR count). The van der Waals surface area contributed by atoms with Crippen LogP contribution in [0, 0.1) is 0 Å². The van der Waals surface area contributed by atoms with E-state index in [0.717, 1.165) is 11.6 Å². The molecule has 1 atom stereocenters. The van der Waals surface area contributed by atoms with Gasteiger partial charge in [-0.05, 0) is 13.8 Å². The summed E-state index contributed by atoms with van der Waals surface area (Å²) in [5.41, 5.74) is 0. The van der Waals surface area contributed by atoms with Gasteiger partial charge in [0.25, 0.3) is 0 Å². The van der Waals surface area contributed by atoms with Gasteiger partial charge < -0.3 is 19.1 Å². The zero-order chi connectivity index (χ0) is 9.14. The van der Waals surface area contributed by atoms with Gasteiger partial charge in [-0.2, -0.15) is 0 Å². The maximum atomic E-state index is 5.34. The van der Waals surface area contributed by atoms with E-state index in [-0.39, 0.29) is 0 Å². The van der Waals surface area contributed by atoms with Crippen molar-refractivity contribution in [3.8, 4) is 0 Å². The Morgan fingerprint density at radius 2 is 2.08 bits per heavy atom. The summed E-state index contributed by atoms with van der Waals surface area (Å²) in [7, 11) is 3.80. The highest BCUT2D eigenvalue weighted by Gasteiger charge is 2.25. The molecule has 0 fully saturated rings. The lowest BCUT2D eigenvalue weighted by Crippen LogP contribution is -2.17. The summed E-state index contributed by atoms with van der Waals surface area (Å²) in [5.74, 6) is 1.49. The molecule has 0 spiro atoms. The Bertz CT molecular complexity index is 189. The van der Waals surface area contributed by atoms with Crippen LogP contribution in [0.4, 0.5) is 0 Å². The van der Waals surface area contributed by atoms with Crippen LogP contribution in [0.25, 0.3) is 0 Å². The molecule has 4 nitrogen and oxygen atoms in total. The van der Waals surface area contributed by atoms with Gasteiger partial charge in [0, 0.05) is 14.1 Å². The van der Waals surface area contributed by atoms with Gasteiger partial charge in [-0.1, -0.05) is 0 Å². The fraction of sp³-hybridized carbons (Fsp3) is 0.750. The Hall–Kier alpha value is -0.900. The van der Waals surface area contributed by atoms with Gasteiger partial charge in [-0.25, -0.2) is 0 Å². The van der Waals surface area contributed by atoms with Gasteiger partial charge in [0.2, 0.25) is 5.88 Å². The molecule has 0 saturated carbocycles. The van der Waals surface area contributed by atoms with Crippen molar-refractivity contribution >= 4 is 0 Å². The lowest BCUT2D eigenvalue weighted by molar-refractivity contribution is -0.229. The second-order valence-electron chi connectivity index (χ2n) is 2.74. The van der Waals surface area contributed by atoms with Crippen molar-refractivity contribution in [1.82, 2.24) is 4.90 Å². The molecule has 0 aromatic carbocycles. The Morgan fingerprint density at radius 1 is 1.42 bits per heavy atom. The summed E-state index contributed by atoms with van der Waals surface area (Å²) in [6.07, 6.45) is 0. The van der Waals surface area contributed by atoms with Crippen LogP contribution < -0.4 is 0 Å². The Labute approximate surface area is 72.7 Å². The fourth-order valence-corrected chi connectivity index (χ4v) is 1.02. The molecule has 1 heterocycles. The summed E-state index contributed by atoms with van der Waals surface area (Å²) in [6.45, 7) is 3.77. The first-order valence-corrected chi connectivity index (χ1v) is 3.98. The van der Waals surface area contributed by atoms with Gasteiger partial charge in [0.1, 0.15) is 0 Å². The van der Waals surface area contributed by atoms with E-state index in [9.17, 15) is 0 Å². The molecule has 0 N–H and O–H groups in total. The van der Waals surface area contributed by atoms with E-state index in [4.69, 9.17) is 14.2 Å². The van der Waals surface area contributed by atoms with Crippen LogP contribution in [0.2, 0.25) is 0 Å². The third-order valence-corrected chi connectivity index (χ3v) is 1.49. The van der Waals surface area contributed by atoms with Crippen LogP contribution in [-0.2, 0) is 14.2 Å². The van der Waals surface area contributed by atoms with Crippen LogP contribution in [-0.4, -0.2) is 32.1 Å². The van der Waals surface area contributed by atoms with Gasteiger partial charge in [-0.15, -0.1) is 0 Å². The largest absolute Gasteiger partial charge is 0.431 e. The first-order valence-electron chi connectivity index (χ1n) is 3.98. The van der Waals surface area contributed by atoms with Crippen molar-refractivity contribution in [2.45, 2.75) is 20.3 Å². The monoisotopic (exact) mass is 173 g/mol. The van der Waals surface area contributed by atoms with Gasteiger partial charge in [-0.3, -0.25) is 0 Å². The summed E-state index contributed by atoms with van der Waals surface area (Å²) in [5, 5.41) is 0. The first-order chi connectivity index (χ1) is 5.65. The Kier molecular flexibility index (Phi) is 2.81. The number of hydrogen-bond acceptors (Lipinski definition) is 4. The lowest BCUT2D eigenvalue weighted by Gasteiger charge is -2.14. The van der Waals surface area contributed by atoms with Gasteiger partial charge in [0.05, 0.1) is 6.61 Å². The predicted molar refractivity (Wildman–Crippen MR) is 44.0 cm³/mol. The summed E-state index contributed by atoms with van der Waals surface area (Å²) in [6, 6.07) is 0. The minimum atomic E-state index is -0.563. The molecule has 1 unspecified atom stereocenters. The number of allylic oxidation sites excluding steroid dienone is 1. The maximum absolute atomic E-state index is 5.34. The van der Waals surface area contributed by atoms with E-state index >= 15 is 0 Å². The van der Waals surface area contributed by atoms with Crippen molar-refractivity contribution in [3.63, 3.8) is 0 Å². The SMILES string of the molecule is CCOC1OC(C)=C(N(C)C)O1. The third kappa shape index (κ3) is 1.82. The standard InChI is InChI=1S/C8H15NO3/c1-5-10-8-11-6(2)7(12-8)9(3)4/h8H,5H2,1-4H3. The molecule has 70 valence electrons. The van der Waals surface area contributed by atoms with E-state index in [1.165, 1.54) is 0 Å². The summed E-state index contributed by atoms with van der Waals surface area (Å²) < 4.78 is 15.7. The molecule has 0 bridgehead atoms. The van der Waals surface area contributed by atoms with E-state index in [1.807, 2.05) is 32.8 Å². The second-order valence-corrected chi connectivity index (χ2v) is 2.74. The Morgan fingerprint density at radius 3 is 2.50 bits per heavy atom. The third-order valence-electron chi connectivity index (χ3n) is 1.49. The number of ether oxygens (including phenoxy) is 3. The van der Waals surface area contributed by atoms with Crippen LogP contribution in [0.3, 0.4) is 0 Å². The topological polar surface area (TPSA) is 30.9 Å². The molecule has 0 aliphatic carbocycles. The molecule has 0 amide bonds. The van der Waals surface area contributed by atoms with Crippen molar-refractivity contribution in [2.75, 3.05) is 20.7 Å². The molecule has 4 heteroatoms. The first kappa shape index (κ1) is 9.19. The maximum Gasteiger partial charge on any atom is 0.361 e. The van der Waals surface area contributed by atoms with Crippen LogP contribution in [0.5, 0.6) is 0 Å². The molecule has 1 aliphatic heterocycles. The number of rotatable bonds is 3. The summed E-state index contributed by atoms with van der Waals surface area (Å²) in [4.78, 5) is 1.86. The Balaban J connectivity index is 2.50. The van der Waals surface area contributed by atoms with Crippen molar-refractivity contribution < 1.29 is 14.2 Å². The van der Waals surface area contributed by atoms with E-state index in [0.29, 0.717) is 6.61 Å². The van der Waals surface area contributed by atoms with Crippen molar-refractivity contribution in [1.29, 1.82) is 0 Å². The molecule has 12 heavy (non-hydrogen) atoms. The lowest BCUT2D eigenvalue weighted by atomic mass is 10.5.